The Hall–Kier alpha value is -1.36. The van der Waals surface area contributed by atoms with Gasteiger partial charge < -0.3 is 0 Å². The van der Waals surface area contributed by atoms with Crippen molar-refractivity contribution in [3.8, 4) is 0 Å². The number of carbonyl (C=O) groups excluding carboxylic acids is 1. The minimum absolute atomic E-state index is 0.122. The van der Waals surface area contributed by atoms with Crippen molar-refractivity contribution in [3.05, 3.63) is 33.9 Å². The molecule has 80 valence electrons. The number of hydrogen-bond donors (Lipinski definition) is 0. The summed E-state index contributed by atoms with van der Waals surface area (Å²) in [6, 6.07) is 4.63. The molecule has 0 aliphatic carbocycles. The maximum absolute atomic E-state index is 11.2. The van der Waals surface area contributed by atoms with Gasteiger partial charge in [0.25, 0.3) is 5.69 Å². The number of rotatable bonds is 4. The van der Waals surface area contributed by atoms with Gasteiger partial charge in [0.05, 0.1) is 10.5 Å². The normalized spacial score (nSPS) is 10.0. The van der Waals surface area contributed by atoms with Crippen molar-refractivity contribution in [1.29, 1.82) is 0 Å². The van der Waals surface area contributed by atoms with Crippen LogP contribution in [0.25, 0.3) is 0 Å². The molecule has 1 aromatic carbocycles. The van der Waals surface area contributed by atoms with Gasteiger partial charge in [-0.1, -0.05) is 6.92 Å². The number of carbonyl (C=O) groups is 1. The molecule has 0 saturated heterocycles. The highest BCUT2D eigenvalue weighted by molar-refractivity contribution is 7.99. The minimum Gasteiger partial charge on any atom is -0.294 e. The predicted octanol–water partition coefficient (Wildman–Crippen LogP) is 2.91. The Morgan fingerprint density at radius 1 is 1.53 bits per heavy atom. The third kappa shape index (κ3) is 2.79. The SMILES string of the molecule is CCSc1ccc([N+](=O)[O-])c(C(C)=O)c1. The summed E-state index contributed by atoms with van der Waals surface area (Å²) in [7, 11) is 0. The van der Waals surface area contributed by atoms with Gasteiger partial charge in [-0.15, -0.1) is 11.8 Å². The quantitative estimate of drug-likeness (QED) is 0.342. The first-order chi connectivity index (χ1) is 7.06. The van der Waals surface area contributed by atoms with E-state index in [1.165, 1.54) is 13.0 Å². The maximum Gasteiger partial charge on any atom is 0.280 e. The second-order valence-electron chi connectivity index (χ2n) is 2.93. The Balaban J connectivity index is 3.21. The summed E-state index contributed by atoms with van der Waals surface area (Å²) >= 11 is 1.55. The summed E-state index contributed by atoms with van der Waals surface area (Å²) in [5.41, 5.74) is 0.0569. The molecule has 0 aliphatic heterocycles. The Morgan fingerprint density at radius 3 is 2.67 bits per heavy atom. The number of Topliss-reactive ketones (excluding diaryl/α,β-unsaturated/α-hetero) is 1. The molecule has 0 unspecified atom stereocenters. The number of nitrogens with zero attached hydrogens (tertiary/aromatic N) is 1. The molecular weight excluding hydrogens is 214 g/mol. The summed E-state index contributed by atoms with van der Waals surface area (Å²) in [6.45, 7) is 3.32. The van der Waals surface area contributed by atoms with E-state index in [0.29, 0.717) is 0 Å². The van der Waals surface area contributed by atoms with E-state index >= 15 is 0 Å². The average molecular weight is 225 g/mol. The van der Waals surface area contributed by atoms with Crippen LogP contribution in [0.15, 0.2) is 23.1 Å². The first kappa shape index (κ1) is 11.7. The largest absolute Gasteiger partial charge is 0.294 e. The van der Waals surface area contributed by atoms with E-state index in [1.54, 1.807) is 23.9 Å². The smallest absolute Gasteiger partial charge is 0.280 e. The van der Waals surface area contributed by atoms with Gasteiger partial charge in [-0.2, -0.15) is 0 Å². The third-order valence-electron chi connectivity index (χ3n) is 1.86. The van der Waals surface area contributed by atoms with Crippen LogP contribution in [0.3, 0.4) is 0 Å². The fraction of sp³-hybridized carbons (Fsp3) is 0.300. The van der Waals surface area contributed by atoms with E-state index in [1.807, 2.05) is 6.92 Å². The second kappa shape index (κ2) is 4.93. The molecule has 15 heavy (non-hydrogen) atoms. The molecule has 0 heterocycles. The van der Waals surface area contributed by atoms with Crippen LogP contribution in [0.1, 0.15) is 24.2 Å². The lowest BCUT2D eigenvalue weighted by Gasteiger charge is -2.02. The van der Waals surface area contributed by atoms with Crippen molar-refractivity contribution in [2.75, 3.05) is 5.75 Å². The number of ketones is 1. The van der Waals surface area contributed by atoms with Crippen molar-refractivity contribution in [1.82, 2.24) is 0 Å². The molecular formula is C10H11NO3S. The van der Waals surface area contributed by atoms with Gasteiger partial charge in [0, 0.05) is 11.0 Å². The van der Waals surface area contributed by atoms with Crippen LogP contribution < -0.4 is 0 Å². The fourth-order valence-corrected chi connectivity index (χ4v) is 1.91. The molecule has 0 bridgehead atoms. The standard InChI is InChI=1S/C10H11NO3S/c1-3-15-8-4-5-10(11(13)14)9(6-8)7(2)12/h4-6H,3H2,1-2H3. The third-order valence-corrected chi connectivity index (χ3v) is 2.73. The lowest BCUT2D eigenvalue weighted by molar-refractivity contribution is -0.385. The number of nitro benzene ring substituents is 1. The molecule has 0 saturated carbocycles. The molecule has 0 amide bonds. The van der Waals surface area contributed by atoms with Gasteiger partial charge in [0.2, 0.25) is 0 Å². The Kier molecular flexibility index (Phi) is 3.85. The molecule has 0 aromatic heterocycles. The summed E-state index contributed by atoms with van der Waals surface area (Å²) in [5, 5.41) is 10.6. The van der Waals surface area contributed by atoms with E-state index in [4.69, 9.17) is 0 Å². The summed E-state index contributed by atoms with van der Waals surface area (Å²) in [4.78, 5) is 22.2. The molecule has 4 nitrogen and oxygen atoms in total. The van der Waals surface area contributed by atoms with Gasteiger partial charge in [0.15, 0.2) is 5.78 Å². The van der Waals surface area contributed by atoms with Crippen LogP contribution in [0, 0.1) is 10.1 Å². The molecule has 0 spiro atoms. The van der Waals surface area contributed by atoms with Gasteiger partial charge in [-0.25, -0.2) is 0 Å². The van der Waals surface area contributed by atoms with E-state index in [2.05, 4.69) is 0 Å². The molecule has 1 rings (SSSR count). The van der Waals surface area contributed by atoms with Crippen molar-refractivity contribution >= 4 is 23.2 Å². The van der Waals surface area contributed by atoms with Gasteiger partial charge in [0.1, 0.15) is 0 Å². The van der Waals surface area contributed by atoms with Crippen LogP contribution in [0.4, 0.5) is 5.69 Å². The minimum atomic E-state index is -0.531. The molecule has 0 aliphatic rings. The van der Waals surface area contributed by atoms with E-state index < -0.39 is 4.92 Å². The van der Waals surface area contributed by atoms with Crippen LogP contribution in [-0.2, 0) is 0 Å². The fourth-order valence-electron chi connectivity index (χ4n) is 1.21. The molecule has 0 fully saturated rings. The molecule has 5 heteroatoms. The maximum atomic E-state index is 11.2. The molecule has 0 radical (unpaired) electrons. The zero-order valence-corrected chi connectivity index (χ0v) is 9.34. The Labute approximate surface area is 91.8 Å². The lowest BCUT2D eigenvalue weighted by Crippen LogP contribution is -2.00. The van der Waals surface area contributed by atoms with E-state index in [-0.39, 0.29) is 17.0 Å². The molecule has 0 N–H and O–H groups in total. The topological polar surface area (TPSA) is 60.2 Å². The first-order valence-corrected chi connectivity index (χ1v) is 5.47. The number of thioether (sulfide) groups is 1. The van der Waals surface area contributed by atoms with Gasteiger partial charge in [-0.3, -0.25) is 14.9 Å². The average Bonchev–Trinajstić information content (AvgIpc) is 2.17. The molecule has 1 aromatic rings. The van der Waals surface area contributed by atoms with Crippen LogP contribution in [0.2, 0.25) is 0 Å². The Morgan fingerprint density at radius 2 is 2.20 bits per heavy atom. The highest BCUT2D eigenvalue weighted by Gasteiger charge is 2.17. The van der Waals surface area contributed by atoms with Crippen LogP contribution >= 0.6 is 11.8 Å². The monoisotopic (exact) mass is 225 g/mol. The zero-order chi connectivity index (χ0) is 11.4. The van der Waals surface area contributed by atoms with Crippen molar-refractivity contribution < 1.29 is 9.72 Å². The highest BCUT2D eigenvalue weighted by Crippen LogP contribution is 2.26. The van der Waals surface area contributed by atoms with Gasteiger partial charge in [-0.05, 0) is 24.8 Å². The van der Waals surface area contributed by atoms with Crippen LogP contribution in [-0.4, -0.2) is 16.5 Å². The van der Waals surface area contributed by atoms with Crippen molar-refractivity contribution in [2.24, 2.45) is 0 Å². The summed E-state index contributed by atoms with van der Waals surface area (Å²) < 4.78 is 0. The number of benzene rings is 1. The highest BCUT2D eigenvalue weighted by atomic mass is 32.2. The number of nitro groups is 1. The zero-order valence-electron chi connectivity index (χ0n) is 8.52. The van der Waals surface area contributed by atoms with Crippen LogP contribution in [0.5, 0.6) is 0 Å². The lowest BCUT2D eigenvalue weighted by atomic mass is 10.1. The number of hydrogen-bond acceptors (Lipinski definition) is 4. The summed E-state index contributed by atoms with van der Waals surface area (Å²) in [6.07, 6.45) is 0. The second-order valence-corrected chi connectivity index (χ2v) is 4.26. The van der Waals surface area contributed by atoms with E-state index in [9.17, 15) is 14.9 Å². The first-order valence-electron chi connectivity index (χ1n) is 4.48. The van der Waals surface area contributed by atoms with E-state index in [0.717, 1.165) is 10.6 Å². The Bertz CT molecular complexity index is 404. The molecule has 0 atom stereocenters. The summed E-state index contributed by atoms with van der Waals surface area (Å²) in [5.74, 6) is 0.593. The van der Waals surface area contributed by atoms with Crippen molar-refractivity contribution in [2.45, 2.75) is 18.7 Å². The van der Waals surface area contributed by atoms with Crippen molar-refractivity contribution in [3.63, 3.8) is 0 Å². The predicted molar refractivity (Wildman–Crippen MR) is 59.5 cm³/mol. The van der Waals surface area contributed by atoms with Gasteiger partial charge >= 0.3 is 0 Å².